The Labute approximate surface area is 160 Å². The van der Waals surface area contributed by atoms with Crippen molar-refractivity contribution < 1.29 is 13.6 Å². The van der Waals surface area contributed by atoms with E-state index < -0.39 is 0 Å². The quantitative estimate of drug-likeness (QED) is 0.482. The molecule has 4 aromatic heterocycles. The largest absolute Gasteiger partial charge is 0.467 e. The van der Waals surface area contributed by atoms with Crippen molar-refractivity contribution in [2.24, 2.45) is 0 Å². The Morgan fingerprint density at radius 1 is 1.00 bits per heavy atom. The number of amides is 1. The van der Waals surface area contributed by atoms with Gasteiger partial charge in [-0.3, -0.25) is 9.78 Å². The summed E-state index contributed by atoms with van der Waals surface area (Å²) in [6, 6.07) is 13.0. The molecule has 0 radical (unpaired) electrons. The number of nitrogens with zero attached hydrogens (tertiary/aromatic N) is 3. The van der Waals surface area contributed by atoms with Gasteiger partial charge in [0.05, 0.1) is 43.4 Å². The molecular weight excluding hydrogens is 362 g/mol. The van der Waals surface area contributed by atoms with Crippen LogP contribution in [-0.4, -0.2) is 20.8 Å². The van der Waals surface area contributed by atoms with Gasteiger partial charge < -0.3 is 13.7 Å². The number of hydrogen-bond acceptors (Lipinski definition) is 6. The van der Waals surface area contributed by atoms with Crippen molar-refractivity contribution in [2.75, 3.05) is 0 Å². The fourth-order valence-electron chi connectivity index (χ4n) is 2.68. The Kier molecular flexibility index (Phi) is 5.11. The second kappa shape index (κ2) is 8.01. The summed E-state index contributed by atoms with van der Waals surface area (Å²) in [7, 11) is 0. The molecule has 0 aliphatic rings. The number of furan rings is 2. The van der Waals surface area contributed by atoms with Gasteiger partial charge in [-0.2, -0.15) is 0 Å². The lowest BCUT2D eigenvalue weighted by atomic mass is 10.2. The predicted octanol–water partition coefficient (Wildman–Crippen LogP) is 4.16. The van der Waals surface area contributed by atoms with Gasteiger partial charge in [-0.1, -0.05) is 6.07 Å². The van der Waals surface area contributed by atoms with Crippen LogP contribution < -0.4 is 0 Å². The topological polar surface area (TPSA) is 72.4 Å². The Bertz CT molecular complexity index is 943. The van der Waals surface area contributed by atoms with Crippen LogP contribution in [0, 0.1) is 0 Å². The molecule has 1 amide bonds. The van der Waals surface area contributed by atoms with Gasteiger partial charge in [-0.05, 0) is 36.4 Å². The standard InChI is InChI=1S/C20H17N3O3S/c24-19(11-15-14-27-20(22-15)18-7-1-2-8-21-18)23(12-16-5-3-9-25-16)13-17-6-4-10-26-17/h1-10,14H,11-13H2. The van der Waals surface area contributed by atoms with Gasteiger partial charge in [0.15, 0.2) is 0 Å². The second-order valence-corrected chi connectivity index (χ2v) is 6.80. The molecule has 0 atom stereocenters. The zero-order chi connectivity index (χ0) is 18.5. The Hall–Kier alpha value is -3.19. The molecule has 0 aliphatic heterocycles. The molecule has 0 saturated heterocycles. The predicted molar refractivity (Wildman–Crippen MR) is 101 cm³/mol. The molecule has 0 aromatic carbocycles. The van der Waals surface area contributed by atoms with Crippen LogP contribution >= 0.6 is 11.3 Å². The average Bonchev–Trinajstić information content (AvgIpc) is 3.45. The van der Waals surface area contributed by atoms with Crippen molar-refractivity contribution >= 4 is 17.2 Å². The minimum atomic E-state index is -0.0410. The summed E-state index contributed by atoms with van der Waals surface area (Å²) in [4.78, 5) is 23.5. The van der Waals surface area contributed by atoms with E-state index in [1.54, 1.807) is 23.6 Å². The first-order chi connectivity index (χ1) is 13.3. The molecule has 0 bridgehead atoms. The van der Waals surface area contributed by atoms with E-state index >= 15 is 0 Å². The summed E-state index contributed by atoms with van der Waals surface area (Å²) in [5, 5.41) is 2.71. The van der Waals surface area contributed by atoms with Crippen LogP contribution in [0.4, 0.5) is 0 Å². The maximum Gasteiger partial charge on any atom is 0.229 e. The first kappa shape index (κ1) is 17.2. The molecule has 0 fully saturated rings. The first-order valence-corrected chi connectivity index (χ1v) is 9.34. The molecule has 0 N–H and O–H groups in total. The van der Waals surface area contributed by atoms with Crippen LogP contribution in [0.5, 0.6) is 0 Å². The number of hydrogen-bond donors (Lipinski definition) is 0. The highest BCUT2D eigenvalue weighted by Crippen LogP contribution is 2.22. The maximum absolute atomic E-state index is 12.9. The SMILES string of the molecule is O=C(Cc1csc(-c2ccccn2)n1)N(Cc1ccco1)Cc1ccco1. The van der Waals surface area contributed by atoms with Crippen LogP contribution in [0.2, 0.25) is 0 Å². The van der Waals surface area contributed by atoms with E-state index in [0.717, 1.165) is 27.9 Å². The Balaban J connectivity index is 1.48. The fraction of sp³-hybridized carbons (Fsp3) is 0.150. The molecule has 0 spiro atoms. The third kappa shape index (κ3) is 4.32. The van der Waals surface area contributed by atoms with Crippen LogP contribution in [0.15, 0.2) is 75.4 Å². The van der Waals surface area contributed by atoms with Gasteiger partial charge in [0, 0.05) is 11.6 Å². The van der Waals surface area contributed by atoms with E-state index in [-0.39, 0.29) is 12.3 Å². The van der Waals surface area contributed by atoms with Gasteiger partial charge in [0.2, 0.25) is 5.91 Å². The zero-order valence-corrected chi connectivity index (χ0v) is 15.3. The number of carbonyl (C=O) groups excluding carboxylic acids is 1. The molecule has 4 heterocycles. The first-order valence-electron chi connectivity index (χ1n) is 8.46. The third-order valence-electron chi connectivity index (χ3n) is 3.97. The second-order valence-electron chi connectivity index (χ2n) is 5.94. The van der Waals surface area contributed by atoms with E-state index in [1.165, 1.54) is 11.3 Å². The highest BCUT2D eigenvalue weighted by Gasteiger charge is 2.19. The van der Waals surface area contributed by atoms with Gasteiger partial charge in [-0.15, -0.1) is 11.3 Å². The number of aromatic nitrogens is 2. The number of pyridine rings is 1. The van der Waals surface area contributed by atoms with Crippen molar-refractivity contribution in [3.8, 4) is 10.7 Å². The van der Waals surface area contributed by atoms with E-state index in [2.05, 4.69) is 9.97 Å². The van der Waals surface area contributed by atoms with Crippen LogP contribution in [0.1, 0.15) is 17.2 Å². The van der Waals surface area contributed by atoms with Crippen LogP contribution in [-0.2, 0) is 24.3 Å². The smallest absolute Gasteiger partial charge is 0.229 e. The van der Waals surface area contributed by atoms with E-state index in [4.69, 9.17) is 8.83 Å². The lowest BCUT2D eigenvalue weighted by Gasteiger charge is -2.20. The molecule has 27 heavy (non-hydrogen) atoms. The lowest BCUT2D eigenvalue weighted by molar-refractivity contribution is -0.132. The molecule has 0 aliphatic carbocycles. The zero-order valence-electron chi connectivity index (χ0n) is 14.4. The van der Waals surface area contributed by atoms with Gasteiger partial charge >= 0.3 is 0 Å². The molecule has 4 aromatic rings. The average molecular weight is 379 g/mol. The highest BCUT2D eigenvalue weighted by atomic mass is 32.1. The Morgan fingerprint density at radius 3 is 2.33 bits per heavy atom. The monoisotopic (exact) mass is 379 g/mol. The number of rotatable bonds is 7. The van der Waals surface area contributed by atoms with Crippen molar-refractivity contribution in [3.05, 3.63) is 83.8 Å². The number of carbonyl (C=O) groups is 1. The summed E-state index contributed by atoms with van der Waals surface area (Å²) < 4.78 is 10.8. The van der Waals surface area contributed by atoms with E-state index in [0.29, 0.717) is 13.1 Å². The molecular formula is C20H17N3O3S. The molecule has 4 rings (SSSR count). The number of thiazole rings is 1. The Morgan fingerprint density at radius 2 is 1.74 bits per heavy atom. The molecule has 6 nitrogen and oxygen atoms in total. The summed E-state index contributed by atoms with van der Waals surface area (Å²) in [5.41, 5.74) is 1.54. The van der Waals surface area contributed by atoms with Crippen LogP contribution in [0.3, 0.4) is 0 Å². The molecule has 7 heteroatoms. The minimum Gasteiger partial charge on any atom is -0.467 e. The summed E-state index contributed by atoms with van der Waals surface area (Å²) in [6.45, 7) is 0.757. The van der Waals surface area contributed by atoms with E-state index in [1.807, 2.05) is 47.8 Å². The summed E-state index contributed by atoms with van der Waals surface area (Å²) in [6.07, 6.45) is 5.15. The highest BCUT2D eigenvalue weighted by molar-refractivity contribution is 7.13. The third-order valence-corrected chi connectivity index (χ3v) is 4.89. The van der Waals surface area contributed by atoms with Gasteiger partial charge in [-0.25, -0.2) is 4.98 Å². The van der Waals surface area contributed by atoms with Crippen molar-refractivity contribution in [1.82, 2.24) is 14.9 Å². The van der Waals surface area contributed by atoms with Gasteiger partial charge in [0.1, 0.15) is 16.5 Å². The molecule has 0 saturated carbocycles. The maximum atomic E-state index is 12.9. The lowest BCUT2D eigenvalue weighted by Crippen LogP contribution is -2.31. The van der Waals surface area contributed by atoms with Gasteiger partial charge in [0.25, 0.3) is 0 Å². The fourth-order valence-corrected chi connectivity index (χ4v) is 3.47. The van der Waals surface area contributed by atoms with Crippen molar-refractivity contribution in [2.45, 2.75) is 19.5 Å². The molecule has 0 unspecified atom stereocenters. The van der Waals surface area contributed by atoms with Crippen molar-refractivity contribution in [3.63, 3.8) is 0 Å². The normalized spacial score (nSPS) is 10.8. The molecule has 136 valence electrons. The van der Waals surface area contributed by atoms with Crippen LogP contribution in [0.25, 0.3) is 10.7 Å². The summed E-state index contributed by atoms with van der Waals surface area (Å²) in [5.74, 6) is 1.41. The minimum absolute atomic E-state index is 0.0410. The summed E-state index contributed by atoms with van der Waals surface area (Å²) >= 11 is 1.49. The van der Waals surface area contributed by atoms with Crippen molar-refractivity contribution in [1.29, 1.82) is 0 Å². The van der Waals surface area contributed by atoms with E-state index in [9.17, 15) is 4.79 Å².